The molecule has 2 atom stereocenters. The summed E-state index contributed by atoms with van der Waals surface area (Å²) in [4.78, 5) is 8.19. The van der Waals surface area contributed by atoms with Crippen LogP contribution in [0.4, 0.5) is 5.82 Å². The molecule has 1 aliphatic carbocycles. The summed E-state index contributed by atoms with van der Waals surface area (Å²) in [6.45, 7) is 2.29. The van der Waals surface area contributed by atoms with Crippen LogP contribution in [-0.4, -0.2) is 25.6 Å². The molecule has 1 saturated carbocycles. The first-order valence-electron chi connectivity index (χ1n) is 6.37. The summed E-state index contributed by atoms with van der Waals surface area (Å²) >= 11 is 6.00. The predicted octanol–water partition coefficient (Wildman–Crippen LogP) is 2.77. The summed E-state index contributed by atoms with van der Waals surface area (Å²) in [6.07, 6.45) is 6.57. The molecule has 2 aromatic rings. The predicted molar refractivity (Wildman–Crippen MR) is 70.8 cm³/mol. The highest BCUT2D eigenvalue weighted by molar-refractivity contribution is 6.29. The van der Waals surface area contributed by atoms with E-state index in [1.54, 1.807) is 4.52 Å². The van der Waals surface area contributed by atoms with Gasteiger partial charge in [-0.05, 0) is 18.8 Å². The van der Waals surface area contributed by atoms with E-state index in [0.29, 0.717) is 22.9 Å². The Morgan fingerprint density at radius 3 is 3.06 bits per heavy atom. The van der Waals surface area contributed by atoms with Crippen molar-refractivity contribution in [3.05, 3.63) is 17.5 Å². The van der Waals surface area contributed by atoms with Gasteiger partial charge in [0, 0.05) is 12.1 Å². The van der Waals surface area contributed by atoms with Gasteiger partial charge < -0.3 is 5.32 Å². The normalized spacial score (nSPS) is 24.3. The zero-order valence-corrected chi connectivity index (χ0v) is 11.1. The van der Waals surface area contributed by atoms with E-state index >= 15 is 0 Å². The quantitative estimate of drug-likeness (QED) is 0.849. The van der Waals surface area contributed by atoms with Gasteiger partial charge in [-0.15, -0.1) is 0 Å². The monoisotopic (exact) mass is 265 g/mol. The molecule has 0 aliphatic heterocycles. The third-order valence-corrected chi connectivity index (χ3v) is 3.86. The van der Waals surface area contributed by atoms with Gasteiger partial charge in [-0.2, -0.15) is 19.6 Å². The Morgan fingerprint density at radius 1 is 1.39 bits per heavy atom. The van der Waals surface area contributed by atoms with Gasteiger partial charge in [0.2, 0.25) is 0 Å². The van der Waals surface area contributed by atoms with Crippen molar-refractivity contribution in [2.75, 3.05) is 5.32 Å². The lowest BCUT2D eigenvalue weighted by Gasteiger charge is -2.30. The molecular formula is C12H16ClN5. The van der Waals surface area contributed by atoms with Gasteiger partial charge in [-0.1, -0.05) is 31.4 Å². The van der Waals surface area contributed by atoms with Crippen molar-refractivity contribution < 1.29 is 0 Å². The Kier molecular flexibility index (Phi) is 3.07. The summed E-state index contributed by atoms with van der Waals surface area (Å²) in [5, 5.41) is 8.15. The van der Waals surface area contributed by atoms with Crippen LogP contribution in [0, 0.1) is 5.92 Å². The number of rotatable bonds is 2. The second-order valence-corrected chi connectivity index (χ2v) is 5.34. The maximum absolute atomic E-state index is 6.00. The lowest BCUT2D eigenvalue weighted by Crippen LogP contribution is -2.31. The van der Waals surface area contributed by atoms with Crippen molar-refractivity contribution in [1.82, 2.24) is 19.6 Å². The number of fused-ring (bicyclic) bond motifs is 1. The molecule has 2 heterocycles. The number of nitrogens with one attached hydrogen (secondary N) is 1. The van der Waals surface area contributed by atoms with Gasteiger partial charge in [-0.3, -0.25) is 0 Å². The van der Waals surface area contributed by atoms with Gasteiger partial charge in [-0.25, -0.2) is 0 Å². The lowest BCUT2D eigenvalue weighted by atomic mass is 9.86. The van der Waals surface area contributed by atoms with E-state index in [0.717, 1.165) is 5.82 Å². The fourth-order valence-electron chi connectivity index (χ4n) is 2.61. The Bertz CT molecular complexity index is 552. The van der Waals surface area contributed by atoms with E-state index in [2.05, 4.69) is 27.3 Å². The molecule has 0 amide bonds. The topological polar surface area (TPSA) is 55.1 Å². The minimum Gasteiger partial charge on any atom is -0.367 e. The van der Waals surface area contributed by atoms with Crippen molar-refractivity contribution in [2.24, 2.45) is 5.92 Å². The minimum absolute atomic E-state index is 0.446. The number of hydrogen-bond donors (Lipinski definition) is 1. The van der Waals surface area contributed by atoms with Crippen LogP contribution >= 0.6 is 11.6 Å². The number of halogens is 1. The standard InChI is InChI=1S/C12H16ClN5/c1-8-4-2-3-5-9(8)16-11-6-10(13)17-12-14-7-15-18(11)12/h6-9,16H,2-5H2,1H3. The van der Waals surface area contributed by atoms with E-state index in [9.17, 15) is 0 Å². The maximum atomic E-state index is 6.00. The molecule has 1 N–H and O–H groups in total. The molecule has 2 aromatic heterocycles. The van der Waals surface area contributed by atoms with Crippen molar-refractivity contribution in [1.29, 1.82) is 0 Å². The molecular weight excluding hydrogens is 250 g/mol. The first-order valence-corrected chi connectivity index (χ1v) is 6.74. The Morgan fingerprint density at radius 2 is 2.22 bits per heavy atom. The molecule has 5 nitrogen and oxygen atoms in total. The largest absolute Gasteiger partial charge is 0.367 e. The van der Waals surface area contributed by atoms with E-state index in [-0.39, 0.29) is 0 Å². The second kappa shape index (κ2) is 4.72. The molecule has 0 spiro atoms. The molecule has 0 bridgehead atoms. The van der Waals surface area contributed by atoms with Gasteiger partial charge in [0.25, 0.3) is 5.78 Å². The zero-order valence-electron chi connectivity index (χ0n) is 10.3. The van der Waals surface area contributed by atoms with Crippen LogP contribution in [0.3, 0.4) is 0 Å². The number of aromatic nitrogens is 4. The average molecular weight is 266 g/mol. The van der Waals surface area contributed by atoms with Gasteiger partial charge in [0.05, 0.1) is 0 Å². The van der Waals surface area contributed by atoms with E-state index in [1.165, 1.54) is 32.0 Å². The van der Waals surface area contributed by atoms with Crippen LogP contribution in [0.2, 0.25) is 5.15 Å². The summed E-state index contributed by atoms with van der Waals surface area (Å²) in [5.74, 6) is 2.08. The van der Waals surface area contributed by atoms with Crippen LogP contribution in [0.15, 0.2) is 12.4 Å². The summed E-state index contributed by atoms with van der Waals surface area (Å²) in [6, 6.07) is 2.29. The smallest absolute Gasteiger partial charge is 0.255 e. The highest BCUT2D eigenvalue weighted by Gasteiger charge is 2.22. The molecule has 6 heteroatoms. The van der Waals surface area contributed by atoms with E-state index < -0.39 is 0 Å². The van der Waals surface area contributed by atoms with E-state index in [1.807, 2.05) is 6.07 Å². The molecule has 96 valence electrons. The Labute approximate surface area is 111 Å². The Hall–Kier alpha value is -1.36. The van der Waals surface area contributed by atoms with Crippen LogP contribution in [0.1, 0.15) is 32.6 Å². The molecule has 0 aromatic carbocycles. The number of hydrogen-bond acceptors (Lipinski definition) is 4. The van der Waals surface area contributed by atoms with Gasteiger partial charge in [0.15, 0.2) is 0 Å². The van der Waals surface area contributed by atoms with Crippen LogP contribution in [0.25, 0.3) is 5.78 Å². The minimum atomic E-state index is 0.446. The fourth-order valence-corrected chi connectivity index (χ4v) is 2.79. The molecule has 0 radical (unpaired) electrons. The molecule has 1 fully saturated rings. The number of anilines is 1. The van der Waals surface area contributed by atoms with Gasteiger partial charge in [0.1, 0.15) is 17.3 Å². The maximum Gasteiger partial charge on any atom is 0.255 e. The number of nitrogens with zero attached hydrogens (tertiary/aromatic N) is 4. The van der Waals surface area contributed by atoms with Crippen LogP contribution in [-0.2, 0) is 0 Å². The highest BCUT2D eigenvalue weighted by atomic mass is 35.5. The summed E-state index contributed by atoms with van der Waals surface area (Å²) < 4.78 is 1.70. The average Bonchev–Trinajstić information content (AvgIpc) is 2.80. The van der Waals surface area contributed by atoms with Crippen LogP contribution < -0.4 is 5.32 Å². The molecule has 3 rings (SSSR count). The van der Waals surface area contributed by atoms with Crippen molar-refractivity contribution in [3.8, 4) is 0 Å². The zero-order chi connectivity index (χ0) is 12.5. The highest BCUT2D eigenvalue weighted by Crippen LogP contribution is 2.27. The van der Waals surface area contributed by atoms with Crippen molar-refractivity contribution in [3.63, 3.8) is 0 Å². The first kappa shape index (κ1) is 11.7. The SMILES string of the molecule is CC1CCCCC1Nc1cc(Cl)nc2ncnn12. The first-order chi connectivity index (χ1) is 8.74. The molecule has 18 heavy (non-hydrogen) atoms. The van der Waals surface area contributed by atoms with Crippen LogP contribution in [0.5, 0.6) is 0 Å². The van der Waals surface area contributed by atoms with Gasteiger partial charge >= 0.3 is 0 Å². The Balaban J connectivity index is 1.91. The third-order valence-electron chi connectivity index (χ3n) is 3.67. The summed E-state index contributed by atoms with van der Waals surface area (Å²) in [7, 11) is 0. The molecule has 0 saturated heterocycles. The molecule has 2 unspecified atom stereocenters. The van der Waals surface area contributed by atoms with Crippen molar-refractivity contribution in [2.45, 2.75) is 38.6 Å². The third kappa shape index (κ3) is 2.14. The molecule has 1 aliphatic rings. The summed E-state index contributed by atoms with van der Waals surface area (Å²) in [5.41, 5.74) is 0. The van der Waals surface area contributed by atoms with Crippen molar-refractivity contribution >= 4 is 23.2 Å². The second-order valence-electron chi connectivity index (χ2n) is 4.95. The lowest BCUT2D eigenvalue weighted by molar-refractivity contribution is 0.348. The fraction of sp³-hybridized carbons (Fsp3) is 0.583. The van der Waals surface area contributed by atoms with E-state index in [4.69, 9.17) is 11.6 Å².